The van der Waals surface area contributed by atoms with Crippen LogP contribution in [0.3, 0.4) is 0 Å². The number of rotatable bonds is 1. The first kappa shape index (κ1) is 10.9. The average Bonchev–Trinajstić information content (AvgIpc) is 2.62. The maximum absolute atomic E-state index is 11.6. The van der Waals surface area contributed by atoms with Gasteiger partial charge in [-0.15, -0.1) is 5.06 Å². The van der Waals surface area contributed by atoms with Gasteiger partial charge in [-0.25, -0.2) is 4.79 Å². The number of carbonyl (C=O) groups is 3. The molecule has 0 unspecified atom stereocenters. The molecule has 0 spiro atoms. The Morgan fingerprint density at radius 2 is 1.56 bits per heavy atom. The van der Waals surface area contributed by atoms with Crippen molar-refractivity contribution in [3.8, 4) is 0 Å². The summed E-state index contributed by atoms with van der Waals surface area (Å²) in [6, 6.07) is 0. The van der Waals surface area contributed by atoms with Crippen molar-refractivity contribution in [2.24, 2.45) is 0 Å². The molecule has 2 aliphatic heterocycles. The van der Waals surface area contributed by atoms with Gasteiger partial charge in [-0.1, -0.05) is 0 Å². The van der Waals surface area contributed by atoms with Crippen molar-refractivity contribution in [2.75, 3.05) is 13.1 Å². The van der Waals surface area contributed by atoms with Gasteiger partial charge in [0.1, 0.15) is 0 Å². The summed E-state index contributed by atoms with van der Waals surface area (Å²) in [6.45, 7) is 1.27. The number of hydrogen-bond donors (Lipinski definition) is 0. The van der Waals surface area contributed by atoms with Gasteiger partial charge in [0.25, 0.3) is 11.8 Å². The zero-order chi connectivity index (χ0) is 11.5. The van der Waals surface area contributed by atoms with Crippen LogP contribution in [0.5, 0.6) is 0 Å². The standard InChI is InChI=1S/C10H14N2O4/c13-8-4-5-9(14)12(8)16-10(15)11-6-2-1-3-7-11/h1-7H2. The van der Waals surface area contributed by atoms with E-state index >= 15 is 0 Å². The van der Waals surface area contributed by atoms with Gasteiger partial charge in [0, 0.05) is 25.9 Å². The molecular weight excluding hydrogens is 212 g/mol. The molecule has 0 bridgehead atoms. The van der Waals surface area contributed by atoms with E-state index < -0.39 is 17.9 Å². The summed E-state index contributed by atoms with van der Waals surface area (Å²) >= 11 is 0. The minimum atomic E-state index is -0.594. The van der Waals surface area contributed by atoms with Crippen LogP contribution in [-0.2, 0) is 14.4 Å². The molecule has 2 saturated heterocycles. The predicted octanol–water partition coefficient (Wildman–Crippen LogP) is 0.673. The maximum Gasteiger partial charge on any atom is 0.434 e. The van der Waals surface area contributed by atoms with E-state index in [2.05, 4.69) is 0 Å². The smallest absolute Gasteiger partial charge is 0.311 e. The van der Waals surface area contributed by atoms with Crippen LogP contribution in [0, 0.1) is 0 Å². The second-order valence-corrected chi connectivity index (χ2v) is 3.99. The van der Waals surface area contributed by atoms with E-state index in [1.54, 1.807) is 0 Å². The molecule has 0 aromatic heterocycles. The van der Waals surface area contributed by atoms with E-state index in [1.165, 1.54) is 4.90 Å². The lowest BCUT2D eigenvalue weighted by Gasteiger charge is -2.26. The molecule has 2 fully saturated rings. The summed E-state index contributed by atoms with van der Waals surface area (Å²) in [5.74, 6) is -0.870. The Labute approximate surface area is 93.1 Å². The van der Waals surface area contributed by atoms with Gasteiger partial charge in [0.05, 0.1) is 0 Å². The van der Waals surface area contributed by atoms with Crippen molar-refractivity contribution in [3.05, 3.63) is 0 Å². The van der Waals surface area contributed by atoms with Crippen LogP contribution < -0.4 is 0 Å². The van der Waals surface area contributed by atoms with E-state index in [0.717, 1.165) is 19.3 Å². The number of amides is 3. The Morgan fingerprint density at radius 1 is 1.00 bits per heavy atom. The zero-order valence-corrected chi connectivity index (χ0v) is 8.98. The molecule has 0 aliphatic carbocycles. The molecule has 16 heavy (non-hydrogen) atoms. The Bertz CT molecular complexity index is 307. The third kappa shape index (κ3) is 2.15. The van der Waals surface area contributed by atoms with Gasteiger partial charge >= 0.3 is 6.09 Å². The third-order valence-corrected chi connectivity index (χ3v) is 2.79. The van der Waals surface area contributed by atoms with Crippen LogP contribution in [0.25, 0.3) is 0 Å². The number of carbonyl (C=O) groups excluding carboxylic acids is 3. The summed E-state index contributed by atoms with van der Waals surface area (Å²) in [5, 5.41) is 0.594. The molecule has 3 amide bonds. The lowest BCUT2D eigenvalue weighted by Crippen LogP contribution is -2.41. The first-order chi connectivity index (χ1) is 7.68. The van der Waals surface area contributed by atoms with E-state index in [4.69, 9.17) is 4.84 Å². The number of likely N-dealkylation sites (tertiary alicyclic amines) is 1. The monoisotopic (exact) mass is 226 g/mol. The van der Waals surface area contributed by atoms with Crippen molar-refractivity contribution in [1.82, 2.24) is 9.96 Å². The molecule has 6 nitrogen and oxygen atoms in total. The highest BCUT2D eigenvalue weighted by molar-refractivity contribution is 6.01. The highest BCUT2D eigenvalue weighted by atomic mass is 16.7. The minimum absolute atomic E-state index is 0.131. The van der Waals surface area contributed by atoms with E-state index in [9.17, 15) is 14.4 Å². The SMILES string of the molecule is O=C(ON1C(=O)CCC1=O)N1CCCCC1. The lowest BCUT2D eigenvalue weighted by atomic mass is 10.1. The van der Waals surface area contributed by atoms with Crippen LogP contribution in [0.2, 0.25) is 0 Å². The number of piperidine rings is 1. The fraction of sp³-hybridized carbons (Fsp3) is 0.700. The summed E-state index contributed by atoms with van der Waals surface area (Å²) in [6.07, 6.45) is 2.65. The summed E-state index contributed by atoms with van der Waals surface area (Å²) in [5.41, 5.74) is 0. The second kappa shape index (κ2) is 4.51. The van der Waals surface area contributed by atoms with Crippen LogP contribution in [-0.4, -0.2) is 41.0 Å². The summed E-state index contributed by atoms with van der Waals surface area (Å²) in [4.78, 5) is 40.4. The predicted molar refractivity (Wildman–Crippen MR) is 53.0 cm³/mol. The molecule has 0 atom stereocenters. The molecule has 0 aromatic carbocycles. The van der Waals surface area contributed by atoms with Crippen molar-refractivity contribution in [2.45, 2.75) is 32.1 Å². The van der Waals surface area contributed by atoms with Gasteiger partial charge in [-0.2, -0.15) is 0 Å². The van der Waals surface area contributed by atoms with E-state index in [1.807, 2.05) is 0 Å². The third-order valence-electron chi connectivity index (χ3n) is 2.79. The van der Waals surface area contributed by atoms with Gasteiger partial charge in [-0.05, 0) is 19.3 Å². The highest BCUT2D eigenvalue weighted by Crippen LogP contribution is 2.15. The molecule has 0 saturated carbocycles. The van der Waals surface area contributed by atoms with Crippen molar-refractivity contribution >= 4 is 17.9 Å². The quantitative estimate of drug-likeness (QED) is 0.616. The fourth-order valence-corrected chi connectivity index (χ4v) is 1.87. The largest absolute Gasteiger partial charge is 0.434 e. The molecule has 2 aliphatic rings. The Balaban J connectivity index is 1.90. The molecule has 0 radical (unpaired) electrons. The fourth-order valence-electron chi connectivity index (χ4n) is 1.87. The topological polar surface area (TPSA) is 66.9 Å². The maximum atomic E-state index is 11.6. The number of nitrogens with zero attached hydrogens (tertiary/aromatic N) is 2. The molecule has 88 valence electrons. The van der Waals surface area contributed by atoms with Gasteiger partial charge in [0.2, 0.25) is 0 Å². The number of hydroxylamine groups is 2. The molecular formula is C10H14N2O4. The minimum Gasteiger partial charge on any atom is -0.311 e. The molecule has 0 aromatic rings. The summed E-state index contributed by atoms with van der Waals surface area (Å²) in [7, 11) is 0. The molecule has 6 heteroatoms. The van der Waals surface area contributed by atoms with Gasteiger partial charge < -0.3 is 9.74 Å². The number of hydrogen-bond acceptors (Lipinski definition) is 4. The van der Waals surface area contributed by atoms with Crippen LogP contribution >= 0.6 is 0 Å². The normalized spacial score (nSPS) is 21.5. The second-order valence-electron chi connectivity index (χ2n) is 3.99. The highest BCUT2D eigenvalue weighted by Gasteiger charge is 2.34. The van der Waals surface area contributed by atoms with Crippen molar-refractivity contribution in [3.63, 3.8) is 0 Å². The van der Waals surface area contributed by atoms with Crippen molar-refractivity contribution in [1.29, 1.82) is 0 Å². The van der Waals surface area contributed by atoms with Gasteiger partial charge in [-0.3, -0.25) is 9.59 Å². The average molecular weight is 226 g/mol. The first-order valence-electron chi connectivity index (χ1n) is 5.51. The Kier molecular flexibility index (Phi) is 3.07. The van der Waals surface area contributed by atoms with Crippen LogP contribution in [0.15, 0.2) is 0 Å². The van der Waals surface area contributed by atoms with Crippen molar-refractivity contribution < 1.29 is 19.2 Å². The zero-order valence-electron chi connectivity index (χ0n) is 8.98. The Hall–Kier alpha value is -1.59. The molecule has 2 rings (SSSR count). The van der Waals surface area contributed by atoms with E-state index in [-0.39, 0.29) is 12.8 Å². The number of imide groups is 1. The van der Waals surface area contributed by atoms with E-state index in [0.29, 0.717) is 18.2 Å². The van der Waals surface area contributed by atoms with Crippen LogP contribution in [0.4, 0.5) is 4.79 Å². The lowest BCUT2D eigenvalue weighted by molar-refractivity contribution is -0.173. The first-order valence-corrected chi connectivity index (χ1v) is 5.51. The van der Waals surface area contributed by atoms with Crippen LogP contribution in [0.1, 0.15) is 32.1 Å². The Morgan fingerprint density at radius 3 is 2.12 bits per heavy atom. The molecule has 0 N–H and O–H groups in total. The molecule has 2 heterocycles. The summed E-state index contributed by atoms with van der Waals surface area (Å²) < 4.78 is 0. The van der Waals surface area contributed by atoms with Gasteiger partial charge in [0.15, 0.2) is 0 Å².